The van der Waals surface area contributed by atoms with Crippen LogP contribution in [0.4, 0.5) is 5.69 Å². The number of nitrogens with zero attached hydrogens (tertiary/aromatic N) is 1. The van der Waals surface area contributed by atoms with Gasteiger partial charge in [-0.05, 0) is 51.7 Å². The van der Waals surface area contributed by atoms with Gasteiger partial charge < -0.3 is 10.1 Å². The van der Waals surface area contributed by atoms with Crippen molar-refractivity contribution in [3.63, 3.8) is 0 Å². The molecule has 0 saturated carbocycles. The molecule has 38 heavy (non-hydrogen) atoms. The maximum Gasteiger partial charge on any atom is 0.311 e. The number of amides is 3. The van der Waals surface area contributed by atoms with Crippen LogP contribution in [-0.4, -0.2) is 41.9 Å². The van der Waals surface area contributed by atoms with E-state index in [4.69, 9.17) is 16.3 Å². The molecule has 4 rings (SSSR count). The highest BCUT2D eigenvalue weighted by molar-refractivity contribution is 9.10. The average Bonchev–Trinajstić information content (AvgIpc) is 3.29. The summed E-state index contributed by atoms with van der Waals surface area (Å²) in [6.45, 7) is 1.18. The molecule has 0 bridgehead atoms. The number of hydrogen-bond acceptors (Lipinski definition) is 5. The first-order chi connectivity index (χ1) is 18.2. The molecule has 3 aromatic rings. The van der Waals surface area contributed by atoms with E-state index in [9.17, 15) is 19.2 Å². The number of benzene rings is 3. The number of hydrazine groups is 1. The molecule has 0 aliphatic carbocycles. The lowest BCUT2D eigenvalue weighted by molar-refractivity contribution is -0.151. The van der Waals surface area contributed by atoms with Gasteiger partial charge in [0.15, 0.2) is 6.61 Å². The Morgan fingerprint density at radius 2 is 1.63 bits per heavy atom. The van der Waals surface area contributed by atoms with Crippen LogP contribution >= 0.6 is 27.5 Å². The van der Waals surface area contributed by atoms with Crippen molar-refractivity contribution in [1.29, 1.82) is 0 Å². The molecule has 2 N–H and O–H groups in total. The second kappa shape index (κ2) is 12.2. The lowest BCUT2D eigenvalue weighted by Gasteiger charge is -2.23. The fourth-order valence-electron chi connectivity index (χ4n) is 4.19. The minimum Gasteiger partial charge on any atom is -0.455 e. The number of carbonyl (C=O) groups excluding carboxylic acids is 4. The maximum absolute atomic E-state index is 13.3. The molecule has 1 fully saturated rings. The molecule has 1 aliphatic heterocycles. The van der Waals surface area contributed by atoms with Crippen molar-refractivity contribution in [2.45, 2.75) is 19.3 Å². The van der Waals surface area contributed by atoms with Crippen molar-refractivity contribution in [3.8, 4) is 0 Å². The molecule has 1 atom stereocenters. The number of ether oxygens (including phenoxy) is 1. The van der Waals surface area contributed by atoms with Crippen LogP contribution in [0, 0.1) is 12.8 Å². The van der Waals surface area contributed by atoms with E-state index >= 15 is 0 Å². The standard InChI is InChI=1S/C28H25BrClN3O5/c1-17-22(13-12-21(29)26(17)30)31-23(34)16-38-28(37)20-14-24(35)33(15-20)32-27(36)25(18-8-4-2-5-9-18)19-10-6-3-7-11-19/h2-13,20,25H,14-16H2,1H3,(H,31,34)(H,32,36)/t20-/m1/s1. The predicted molar refractivity (Wildman–Crippen MR) is 146 cm³/mol. The van der Waals surface area contributed by atoms with Gasteiger partial charge in [-0.2, -0.15) is 0 Å². The maximum atomic E-state index is 13.3. The Balaban J connectivity index is 1.34. The van der Waals surface area contributed by atoms with Gasteiger partial charge in [0.25, 0.3) is 11.8 Å². The Labute approximate surface area is 233 Å². The second-order valence-corrected chi connectivity index (χ2v) is 10.1. The third kappa shape index (κ3) is 6.41. The lowest BCUT2D eigenvalue weighted by Crippen LogP contribution is -2.45. The van der Waals surface area contributed by atoms with Crippen molar-refractivity contribution >= 4 is 56.9 Å². The topological polar surface area (TPSA) is 105 Å². The number of rotatable bonds is 8. The molecule has 1 aliphatic rings. The van der Waals surface area contributed by atoms with Crippen molar-refractivity contribution in [2.24, 2.45) is 5.92 Å². The van der Waals surface area contributed by atoms with Crippen molar-refractivity contribution in [1.82, 2.24) is 10.4 Å². The fourth-order valence-corrected chi connectivity index (χ4v) is 4.78. The first-order valence-electron chi connectivity index (χ1n) is 11.9. The highest BCUT2D eigenvalue weighted by Gasteiger charge is 2.38. The van der Waals surface area contributed by atoms with Crippen molar-refractivity contribution in [2.75, 3.05) is 18.5 Å². The van der Waals surface area contributed by atoms with E-state index in [2.05, 4.69) is 26.7 Å². The van der Waals surface area contributed by atoms with Gasteiger partial charge in [-0.3, -0.25) is 29.6 Å². The molecule has 3 amide bonds. The van der Waals surface area contributed by atoms with E-state index in [1.165, 1.54) is 0 Å². The summed E-state index contributed by atoms with van der Waals surface area (Å²) in [4.78, 5) is 50.8. The first-order valence-corrected chi connectivity index (χ1v) is 13.0. The first kappa shape index (κ1) is 27.3. The average molecular weight is 599 g/mol. The zero-order valence-corrected chi connectivity index (χ0v) is 22.8. The summed E-state index contributed by atoms with van der Waals surface area (Å²) < 4.78 is 5.85. The van der Waals surface area contributed by atoms with Gasteiger partial charge in [0.1, 0.15) is 0 Å². The van der Waals surface area contributed by atoms with Gasteiger partial charge in [0.05, 0.1) is 23.4 Å². The molecular formula is C28H25BrClN3O5. The van der Waals surface area contributed by atoms with Gasteiger partial charge in [-0.25, -0.2) is 0 Å². The summed E-state index contributed by atoms with van der Waals surface area (Å²) in [5.41, 5.74) is 5.37. The van der Waals surface area contributed by atoms with E-state index in [-0.39, 0.29) is 13.0 Å². The molecule has 1 heterocycles. The minimum atomic E-state index is -0.814. The Kier molecular flexibility index (Phi) is 8.81. The van der Waals surface area contributed by atoms with E-state index in [1.807, 2.05) is 60.7 Å². The highest BCUT2D eigenvalue weighted by atomic mass is 79.9. The van der Waals surface area contributed by atoms with Gasteiger partial charge in [-0.15, -0.1) is 0 Å². The third-order valence-electron chi connectivity index (χ3n) is 6.19. The molecule has 1 saturated heterocycles. The molecule has 0 aromatic heterocycles. The van der Waals surface area contributed by atoms with Crippen LogP contribution in [0.2, 0.25) is 5.02 Å². The number of esters is 1. The molecule has 0 unspecified atom stereocenters. The van der Waals surface area contributed by atoms with Crippen LogP contribution < -0.4 is 10.7 Å². The van der Waals surface area contributed by atoms with Crippen LogP contribution in [0.25, 0.3) is 0 Å². The van der Waals surface area contributed by atoms with Crippen molar-refractivity contribution < 1.29 is 23.9 Å². The Bertz CT molecular complexity index is 1310. The molecule has 196 valence electrons. The Hall–Kier alpha value is -3.69. The fraction of sp³-hybridized carbons (Fsp3) is 0.214. The largest absolute Gasteiger partial charge is 0.455 e. The second-order valence-electron chi connectivity index (χ2n) is 8.83. The summed E-state index contributed by atoms with van der Waals surface area (Å²) in [6, 6.07) is 21.8. The monoisotopic (exact) mass is 597 g/mol. The Morgan fingerprint density at radius 3 is 2.24 bits per heavy atom. The van der Waals surface area contributed by atoms with Gasteiger partial charge in [-0.1, -0.05) is 72.3 Å². The molecule has 3 aromatic carbocycles. The summed E-state index contributed by atoms with van der Waals surface area (Å²) in [7, 11) is 0. The minimum absolute atomic E-state index is 0.0528. The SMILES string of the molecule is Cc1c(NC(=O)COC(=O)[C@@H]2CC(=O)N(NC(=O)C(c3ccccc3)c3ccccc3)C2)ccc(Br)c1Cl. The van der Waals surface area contributed by atoms with E-state index in [1.54, 1.807) is 19.1 Å². The number of hydrogen-bond donors (Lipinski definition) is 2. The lowest BCUT2D eigenvalue weighted by atomic mass is 9.91. The highest BCUT2D eigenvalue weighted by Crippen LogP contribution is 2.31. The van der Waals surface area contributed by atoms with Gasteiger partial charge in [0, 0.05) is 16.6 Å². The van der Waals surface area contributed by atoms with Gasteiger partial charge >= 0.3 is 5.97 Å². The quantitative estimate of drug-likeness (QED) is 0.369. The zero-order valence-electron chi connectivity index (χ0n) is 20.4. The third-order valence-corrected chi connectivity index (χ3v) is 7.57. The molecule has 0 radical (unpaired) electrons. The number of anilines is 1. The summed E-state index contributed by atoms with van der Waals surface area (Å²) >= 11 is 9.50. The van der Waals surface area contributed by atoms with E-state index < -0.39 is 42.1 Å². The van der Waals surface area contributed by atoms with Gasteiger partial charge in [0.2, 0.25) is 5.91 Å². The number of nitrogens with one attached hydrogen (secondary N) is 2. The normalized spacial score (nSPS) is 14.9. The number of halogens is 2. The van der Waals surface area contributed by atoms with Crippen LogP contribution in [-0.2, 0) is 23.9 Å². The summed E-state index contributed by atoms with van der Waals surface area (Å²) in [5, 5.41) is 4.26. The van der Waals surface area contributed by atoms with E-state index in [0.717, 1.165) is 16.1 Å². The van der Waals surface area contributed by atoms with Crippen LogP contribution in [0.15, 0.2) is 77.3 Å². The molecular weight excluding hydrogens is 574 g/mol. The summed E-state index contributed by atoms with van der Waals surface area (Å²) in [5.74, 6) is -3.50. The van der Waals surface area contributed by atoms with Crippen molar-refractivity contribution in [3.05, 3.63) is 99.0 Å². The molecule has 0 spiro atoms. The zero-order chi connectivity index (χ0) is 27.2. The summed E-state index contributed by atoms with van der Waals surface area (Å²) in [6.07, 6.45) is -0.135. The van der Waals surface area contributed by atoms with Crippen LogP contribution in [0.5, 0.6) is 0 Å². The van der Waals surface area contributed by atoms with E-state index in [0.29, 0.717) is 20.7 Å². The molecule has 8 nitrogen and oxygen atoms in total. The smallest absolute Gasteiger partial charge is 0.311 e. The molecule has 10 heteroatoms. The van der Waals surface area contributed by atoms with Crippen LogP contribution in [0.3, 0.4) is 0 Å². The number of carbonyl (C=O) groups is 4. The Morgan fingerprint density at radius 1 is 1.03 bits per heavy atom. The predicted octanol–water partition coefficient (Wildman–Crippen LogP) is 4.60. The van der Waals surface area contributed by atoms with Crippen LogP contribution in [0.1, 0.15) is 29.0 Å².